The van der Waals surface area contributed by atoms with Gasteiger partial charge < -0.3 is 13.9 Å². The third-order valence-electron chi connectivity index (χ3n) is 4.70. The Kier molecular flexibility index (Phi) is 4.94. The molecular formula is C23H18N4O4. The molecule has 2 aromatic heterocycles. The number of aromatic nitrogens is 2. The van der Waals surface area contributed by atoms with Gasteiger partial charge in [-0.1, -0.05) is 30.3 Å². The number of amides is 1. The molecule has 0 saturated heterocycles. The molecule has 8 nitrogen and oxygen atoms in total. The Balaban J connectivity index is 1.33. The first-order chi connectivity index (χ1) is 15.3. The molecule has 1 atom stereocenters. The van der Waals surface area contributed by atoms with Crippen molar-refractivity contribution in [2.75, 3.05) is 6.61 Å². The van der Waals surface area contributed by atoms with Crippen molar-refractivity contribution in [1.82, 2.24) is 15.2 Å². The number of fused-ring (bicyclic) bond motifs is 1. The van der Waals surface area contributed by atoms with E-state index in [2.05, 4.69) is 15.6 Å². The van der Waals surface area contributed by atoms with Crippen LogP contribution >= 0.6 is 0 Å². The number of ether oxygens (including phenoxy) is 2. The number of para-hydroxylation sites is 3. The van der Waals surface area contributed by atoms with Crippen LogP contribution in [0.5, 0.6) is 11.5 Å². The van der Waals surface area contributed by atoms with Crippen LogP contribution in [-0.2, 0) is 4.79 Å². The molecule has 2 aromatic carbocycles. The van der Waals surface area contributed by atoms with Crippen LogP contribution in [0, 0.1) is 0 Å². The lowest BCUT2D eigenvalue weighted by atomic mass is 10.2. The van der Waals surface area contributed by atoms with Gasteiger partial charge in [-0.05, 0) is 36.4 Å². The molecule has 0 bridgehead atoms. The maximum atomic E-state index is 12.5. The molecule has 0 unspecified atom stereocenters. The summed E-state index contributed by atoms with van der Waals surface area (Å²) in [7, 11) is 0. The normalized spacial score (nSPS) is 15.2. The van der Waals surface area contributed by atoms with Crippen LogP contribution in [0.2, 0.25) is 0 Å². The van der Waals surface area contributed by atoms with Crippen LogP contribution in [-0.4, -0.2) is 34.6 Å². The van der Waals surface area contributed by atoms with E-state index in [0.717, 1.165) is 5.69 Å². The summed E-state index contributed by atoms with van der Waals surface area (Å²) in [4.78, 5) is 12.5. The van der Waals surface area contributed by atoms with Crippen LogP contribution in [0.3, 0.4) is 0 Å². The number of hydrazone groups is 1. The number of nitrogens with one attached hydrogen (secondary N) is 1. The molecule has 1 amide bonds. The zero-order valence-electron chi connectivity index (χ0n) is 16.3. The quantitative estimate of drug-likeness (QED) is 0.399. The lowest BCUT2D eigenvalue weighted by molar-refractivity contribution is -0.130. The van der Waals surface area contributed by atoms with Crippen LogP contribution < -0.4 is 14.9 Å². The molecule has 0 spiro atoms. The summed E-state index contributed by atoms with van der Waals surface area (Å²) in [5, 5.41) is 8.70. The second kappa shape index (κ2) is 8.19. The van der Waals surface area contributed by atoms with Crippen molar-refractivity contribution in [3.05, 3.63) is 84.8 Å². The molecule has 154 valence electrons. The average molecular weight is 414 g/mol. The minimum Gasteiger partial charge on any atom is -0.485 e. The molecule has 31 heavy (non-hydrogen) atoms. The van der Waals surface area contributed by atoms with Crippen molar-refractivity contribution in [2.24, 2.45) is 5.10 Å². The summed E-state index contributed by atoms with van der Waals surface area (Å²) >= 11 is 0. The first-order valence-electron chi connectivity index (χ1n) is 9.68. The largest absolute Gasteiger partial charge is 0.485 e. The molecule has 0 radical (unpaired) electrons. The molecule has 1 aliphatic heterocycles. The Hall–Kier alpha value is -4.33. The van der Waals surface area contributed by atoms with E-state index in [1.807, 2.05) is 54.7 Å². The van der Waals surface area contributed by atoms with Gasteiger partial charge in [0.25, 0.3) is 5.91 Å². The third-order valence-corrected chi connectivity index (χ3v) is 4.70. The molecule has 0 aliphatic carbocycles. The molecule has 1 N–H and O–H groups in total. The van der Waals surface area contributed by atoms with Crippen LogP contribution in [0.1, 0.15) is 5.56 Å². The lowest BCUT2D eigenvalue weighted by Crippen LogP contribution is -2.42. The topological polar surface area (TPSA) is 90.9 Å². The SMILES string of the molecule is O=C(N/N=C\c1cn(-c2ccccc2)nc1-c1ccco1)[C@H]1COc2ccccc2O1. The van der Waals surface area contributed by atoms with Crippen molar-refractivity contribution in [3.63, 3.8) is 0 Å². The van der Waals surface area contributed by atoms with Crippen LogP contribution in [0.15, 0.2) is 88.7 Å². The summed E-state index contributed by atoms with van der Waals surface area (Å²) in [5.74, 6) is 1.34. The van der Waals surface area contributed by atoms with Gasteiger partial charge >= 0.3 is 0 Å². The van der Waals surface area contributed by atoms with Crippen molar-refractivity contribution >= 4 is 12.1 Å². The lowest BCUT2D eigenvalue weighted by Gasteiger charge is -2.24. The molecule has 3 heterocycles. The maximum Gasteiger partial charge on any atom is 0.284 e. The first kappa shape index (κ1) is 18.7. The highest BCUT2D eigenvalue weighted by Gasteiger charge is 2.27. The zero-order chi connectivity index (χ0) is 21.0. The number of carbonyl (C=O) groups excluding carboxylic acids is 1. The Morgan fingerprint density at radius 2 is 1.87 bits per heavy atom. The second-order valence-electron chi connectivity index (χ2n) is 6.79. The van der Waals surface area contributed by atoms with Crippen LogP contribution in [0.4, 0.5) is 0 Å². The maximum absolute atomic E-state index is 12.5. The monoisotopic (exact) mass is 414 g/mol. The average Bonchev–Trinajstić information content (AvgIpc) is 3.49. The number of nitrogens with zero attached hydrogens (tertiary/aromatic N) is 3. The van der Waals surface area contributed by atoms with E-state index in [9.17, 15) is 4.79 Å². The summed E-state index contributed by atoms with van der Waals surface area (Å²) in [5.41, 5.74) is 4.70. The first-order valence-corrected chi connectivity index (χ1v) is 9.68. The van der Waals surface area contributed by atoms with E-state index in [0.29, 0.717) is 28.5 Å². The van der Waals surface area contributed by atoms with E-state index < -0.39 is 12.0 Å². The zero-order valence-corrected chi connectivity index (χ0v) is 16.3. The van der Waals surface area contributed by atoms with Crippen molar-refractivity contribution in [2.45, 2.75) is 6.10 Å². The number of benzene rings is 2. The Bertz CT molecular complexity index is 1220. The minimum absolute atomic E-state index is 0.113. The standard InChI is InChI=1S/C23H18N4O4/c28-23(21-15-30-18-9-4-5-10-19(18)31-21)25-24-13-16-14-27(17-7-2-1-3-8-17)26-22(16)20-11-6-12-29-20/h1-14,21H,15H2,(H,25,28)/b24-13-/t21-/m1/s1. The van der Waals surface area contributed by atoms with Gasteiger partial charge in [0.05, 0.1) is 18.2 Å². The second-order valence-corrected chi connectivity index (χ2v) is 6.79. The fourth-order valence-electron chi connectivity index (χ4n) is 3.19. The van der Waals surface area contributed by atoms with Crippen LogP contribution in [0.25, 0.3) is 17.1 Å². The van der Waals surface area contributed by atoms with Gasteiger partial charge in [-0.15, -0.1) is 0 Å². The highest BCUT2D eigenvalue weighted by Crippen LogP contribution is 2.30. The van der Waals surface area contributed by atoms with Crippen molar-refractivity contribution in [3.8, 4) is 28.6 Å². The van der Waals surface area contributed by atoms with Gasteiger partial charge in [0.2, 0.25) is 6.10 Å². The van der Waals surface area contributed by atoms with Crippen molar-refractivity contribution < 1.29 is 18.7 Å². The van der Waals surface area contributed by atoms with Crippen molar-refractivity contribution in [1.29, 1.82) is 0 Å². The summed E-state index contributed by atoms with van der Waals surface area (Å²) < 4.78 is 18.5. The Labute approximate surface area is 177 Å². The molecule has 4 aromatic rings. The van der Waals surface area contributed by atoms with E-state index in [1.165, 1.54) is 6.21 Å². The number of hydrogen-bond acceptors (Lipinski definition) is 6. The van der Waals surface area contributed by atoms with Gasteiger partial charge in [-0.25, -0.2) is 10.1 Å². The fraction of sp³-hybridized carbons (Fsp3) is 0.0870. The summed E-state index contributed by atoms with van der Waals surface area (Å²) in [6, 6.07) is 20.5. The third kappa shape index (κ3) is 3.91. The molecule has 8 heteroatoms. The molecule has 0 fully saturated rings. The molecular weight excluding hydrogens is 396 g/mol. The van der Waals surface area contributed by atoms with E-state index in [-0.39, 0.29) is 6.61 Å². The van der Waals surface area contributed by atoms with E-state index in [1.54, 1.807) is 29.1 Å². The Morgan fingerprint density at radius 1 is 1.06 bits per heavy atom. The van der Waals surface area contributed by atoms with Gasteiger partial charge in [0.15, 0.2) is 17.3 Å². The van der Waals surface area contributed by atoms with Gasteiger partial charge in [-0.3, -0.25) is 4.79 Å². The van der Waals surface area contributed by atoms with Gasteiger partial charge in [-0.2, -0.15) is 10.2 Å². The highest BCUT2D eigenvalue weighted by molar-refractivity contribution is 5.89. The summed E-state index contributed by atoms with van der Waals surface area (Å²) in [6.45, 7) is 0.113. The highest BCUT2D eigenvalue weighted by atomic mass is 16.6. The fourth-order valence-corrected chi connectivity index (χ4v) is 3.19. The predicted molar refractivity (Wildman–Crippen MR) is 113 cm³/mol. The smallest absolute Gasteiger partial charge is 0.284 e. The Morgan fingerprint density at radius 3 is 2.68 bits per heavy atom. The predicted octanol–water partition coefficient (Wildman–Crippen LogP) is 3.42. The van der Waals surface area contributed by atoms with Gasteiger partial charge in [0.1, 0.15) is 12.3 Å². The molecule has 1 aliphatic rings. The van der Waals surface area contributed by atoms with E-state index in [4.69, 9.17) is 13.9 Å². The number of rotatable bonds is 5. The number of hydrogen-bond donors (Lipinski definition) is 1. The molecule has 0 saturated carbocycles. The minimum atomic E-state index is -0.788. The molecule has 5 rings (SSSR count). The number of furan rings is 1. The van der Waals surface area contributed by atoms with E-state index >= 15 is 0 Å². The van der Waals surface area contributed by atoms with Gasteiger partial charge in [0, 0.05) is 11.8 Å². The number of carbonyl (C=O) groups is 1. The summed E-state index contributed by atoms with van der Waals surface area (Å²) in [6.07, 6.45) is 4.14.